The minimum Gasteiger partial charge on any atom is -0.0990 e. The number of rotatable bonds is 5. The zero-order chi connectivity index (χ0) is 33.6. The molecule has 0 aromatic heterocycles. The molecule has 0 amide bonds. The van der Waals surface area contributed by atoms with Gasteiger partial charge < -0.3 is 0 Å². The molecule has 0 N–H and O–H groups in total. The minimum atomic E-state index is 0.992. The predicted molar refractivity (Wildman–Crippen MR) is 218 cm³/mol. The second-order valence-electron chi connectivity index (χ2n) is 13.0. The molecule has 0 aliphatic rings. The van der Waals surface area contributed by atoms with Crippen LogP contribution in [0.2, 0.25) is 0 Å². The van der Waals surface area contributed by atoms with Gasteiger partial charge in [0.1, 0.15) is 0 Å². The van der Waals surface area contributed by atoms with E-state index in [9.17, 15) is 0 Å². The van der Waals surface area contributed by atoms with Crippen molar-refractivity contribution >= 4 is 55.7 Å². The fraction of sp³-hybridized carbons (Fsp3) is 0. The SMILES string of the molecule is C=C/C=c1/c(-c2cccc(-c3ccc4c(-c5ccc6ccccc6c5)c5ccccc5c(-c5ccc6ccccc6c5)c4c3)c2)cccc1=C. The number of hydrogen-bond donors (Lipinski definition) is 0. The molecule has 0 aliphatic carbocycles. The molecule has 50 heavy (non-hydrogen) atoms. The Morgan fingerprint density at radius 2 is 0.880 bits per heavy atom. The fourth-order valence-electron chi connectivity index (χ4n) is 7.72. The number of fused-ring (bicyclic) bond motifs is 4. The van der Waals surface area contributed by atoms with E-state index < -0.39 is 0 Å². The summed E-state index contributed by atoms with van der Waals surface area (Å²) in [6, 6.07) is 62.2. The molecule has 0 bridgehead atoms. The summed E-state index contributed by atoms with van der Waals surface area (Å²) in [7, 11) is 0. The van der Waals surface area contributed by atoms with Gasteiger partial charge in [-0.1, -0.05) is 171 Å². The van der Waals surface area contributed by atoms with Gasteiger partial charge in [0.05, 0.1) is 0 Å². The predicted octanol–water partition coefficient (Wildman–Crippen LogP) is 12.3. The van der Waals surface area contributed by atoms with Crippen LogP contribution >= 0.6 is 0 Å². The Balaban J connectivity index is 1.35. The minimum absolute atomic E-state index is 0.992. The van der Waals surface area contributed by atoms with E-state index in [2.05, 4.69) is 189 Å². The van der Waals surface area contributed by atoms with E-state index in [1.165, 1.54) is 76.5 Å². The topological polar surface area (TPSA) is 0 Å². The lowest BCUT2D eigenvalue weighted by molar-refractivity contribution is 1.50. The number of hydrogen-bond acceptors (Lipinski definition) is 0. The first-order valence-electron chi connectivity index (χ1n) is 17.1. The maximum atomic E-state index is 4.29. The molecule has 0 unspecified atom stereocenters. The molecule has 9 aromatic carbocycles. The lowest BCUT2D eigenvalue weighted by atomic mass is 9.84. The van der Waals surface area contributed by atoms with Crippen LogP contribution in [0.3, 0.4) is 0 Å². The van der Waals surface area contributed by atoms with Crippen molar-refractivity contribution in [2.24, 2.45) is 0 Å². The van der Waals surface area contributed by atoms with E-state index in [-0.39, 0.29) is 0 Å². The molecule has 0 aliphatic heterocycles. The summed E-state index contributed by atoms with van der Waals surface area (Å²) in [5, 5.41) is 12.1. The maximum absolute atomic E-state index is 4.29. The van der Waals surface area contributed by atoms with Gasteiger partial charge in [-0.2, -0.15) is 0 Å². The molecule has 0 atom stereocenters. The zero-order valence-corrected chi connectivity index (χ0v) is 27.7. The van der Waals surface area contributed by atoms with Crippen molar-refractivity contribution in [1.82, 2.24) is 0 Å². The van der Waals surface area contributed by atoms with Crippen molar-refractivity contribution in [2.45, 2.75) is 0 Å². The highest BCUT2D eigenvalue weighted by Gasteiger charge is 2.18. The van der Waals surface area contributed by atoms with Crippen LogP contribution in [-0.4, -0.2) is 0 Å². The molecule has 0 saturated heterocycles. The summed E-state index contributed by atoms with van der Waals surface area (Å²) in [5.74, 6) is 0. The molecule has 0 fully saturated rings. The standard InChI is InChI=1S/C50H34/c1-3-12-43-33(2)13-10-22-44(43)40-19-11-18-38(29-40)39-27-28-47-48(32-39)50(42-26-24-35-15-5-7-17-37(35)31-42)46-21-9-8-20-45(46)49(47)41-25-23-34-14-4-6-16-36(34)30-41/h3-32H,1-2H2/b43-12+. The van der Waals surface area contributed by atoms with Crippen LogP contribution < -0.4 is 10.4 Å². The van der Waals surface area contributed by atoms with Gasteiger partial charge in [0.25, 0.3) is 0 Å². The summed E-state index contributed by atoms with van der Waals surface area (Å²) in [5.41, 5.74) is 9.64. The summed E-state index contributed by atoms with van der Waals surface area (Å²) in [6.45, 7) is 8.25. The van der Waals surface area contributed by atoms with E-state index in [0.29, 0.717) is 0 Å². The Morgan fingerprint density at radius 1 is 0.360 bits per heavy atom. The second kappa shape index (κ2) is 12.2. The average molecular weight is 635 g/mol. The third kappa shape index (κ3) is 5.02. The molecule has 0 heterocycles. The zero-order valence-electron chi connectivity index (χ0n) is 27.7. The molecular formula is C50H34. The number of benzene rings is 9. The first-order chi connectivity index (χ1) is 24.7. The molecule has 0 heteroatoms. The Bertz CT molecular complexity index is 2910. The second-order valence-corrected chi connectivity index (χ2v) is 13.0. The van der Waals surface area contributed by atoms with Gasteiger partial charge in [0.2, 0.25) is 0 Å². The lowest BCUT2D eigenvalue weighted by Gasteiger charge is -2.19. The molecule has 0 spiro atoms. The van der Waals surface area contributed by atoms with Crippen LogP contribution in [-0.2, 0) is 0 Å². The van der Waals surface area contributed by atoms with Gasteiger partial charge in [-0.15, -0.1) is 0 Å². The Morgan fingerprint density at radius 3 is 1.54 bits per heavy atom. The van der Waals surface area contributed by atoms with Crippen LogP contribution in [0.25, 0.3) is 100 Å². The van der Waals surface area contributed by atoms with Crippen LogP contribution in [0.1, 0.15) is 0 Å². The third-order valence-corrected chi connectivity index (χ3v) is 10.1. The molecule has 0 radical (unpaired) electrons. The van der Waals surface area contributed by atoms with Crippen molar-refractivity contribution in [3.63, 3.8) is 0 Å². The monoisotopic (exact) mass is 634 g/mol. The van der Waals surface area contributed by atoms with E-state index in [1.54, 1.807) is 0 Å². The number of allylic oxidation sites excluding steroid dienone is 1. The molecular weight excluding hydrogens is 601 g/mol. The van der Waals surface area contributed by atoms with Crippen molar-refractivity contribution in [3.05, 3.63) is 193 Å². The van der Waals surface area contributed by atoms with Gasteiger partial charge in [0.15, 0.2) is 0 Å². The Hall–Kier alpha value is -6.50. The van der Waals surface area contributed by atoms with Crippen LogP contribution in [0, 0.1) is 0 Å². The lowest BCUT2D eigenvalue weighted by Crippen LogP contribution is -2.24. The van der Waals surface area contributed by atoms with Crippen molar-refractivity contribution in [2.75, 3.05) is 0 Å². The van der Waals surface area contributed by atoms with Gasteiger partial charge in [-0.25, -0.2) is 0 Å². The molecule has 0 saturated carbocycles. The van der Waals surface area contributed by atoms with Gasteiger partial charge in [-0.3, -0.25) is 0 Å². The van der Waals surface area contributed by atoms with E-state index in [0.717, 1.165) is 21.6 Å². The van der Waals surface area contributed by atoms with Gasteiger partial charge in [-0.05, 0) is 122 Å². The van der Waals surface area contributed by atoms with E-state index >= 15 is 0 Å². The Labute approximate surface area is 292 Å². The Kier molecular flexibility index (Phi) is 7.22. The smallest absolute Gasteiger partial charge is 0.00259 e. The average Bonchev–Trinajstić information content (AvgIpc) is 3.17. The van der Waals surface area contributed by atoms with Crippen LogP contribution in [0.4, 0.5) is 0 Å². The van der Waals surface area contributed by atoms with Crippen LogP contribution in [0.15, 0.2) is 183 Å². The van der Waals surface area contributed by atoms with Crippen molar-refractivity contribution in [1.29, 1.82) is 0 Å². The van der Waals surface area contributed by atoms with Crippen molar-refractivity contribution < 1.29 is 0 Å². The molecule has 9 rings (SSSR count). The normalized spacial score (nSPS) is 11.9. The quantitative estimate of drug-likeness (QED) is 0.165. The summed E-state index contributed by atoms with van der Waals surface area (Å²) >= 11 is 0. The highest BCUT2D eigenvalue weighted by molar-refractivity contribution is 6.22. The molecule has 0 nitrogen and oxygen atoms in total. The molecule has 234 valence electrons. The molecule has 9 aromatic rings. The van der Waals surface area contributed by atoms with Gasteiger partial charge >= 0.3 is 0 Å². The highest BCUT2D eigenvalue weighted by atomic mass is 14.2. The largest absolute Gasteiger partial charge is 0.0990 e. The summed E-state index contributed by atoms with van der Waals surface area (Å²) in [6.07, 6.45) is 3.89. The maximum Gasteiger partial charge on any atom is -0.00259 e. The highest BCUT2D eigenvalue weighted by Crippen LogP contribution is 2.45. The van der Waals surface area contributed by atoms with E-state index in [4.69, 9.17) is 0 Å². The van der Waals surface area contributed by atoms with E-state index in [1.807, 2.05) is 6.08 Å². The fourth-order valence-corrected chi connectivity index (χ4v) is 7.72. The van der Waals surface area contributed by atoms with Crippen molar-refractivity contribution in [3.8, 4) is 44.5 Å². The third-order valence-electron chi connectivity index (χ3n) is 10.1. The first kappa shape index (κ1) is 29.6. The summed E-state index contributed by atoms with van der Waals surface area (Å²) < 4.78 is 0. The summed E-state index contributed by atoms with van der Waals surface area (Å²) in [4.78, 5) is 0. The van der Waals surface area contributed by atoms with Gasteiger partial charge in [0, 0.05) is 0 Å². The van der Waals surface area contributed by atoms with Crippen LogP contribution in [0.5, 0.6) is 0 Å². The first-order valence-corrected chi connectivity index (χ1v) is 17.1.